The number of hydrogen-bond donors (Lipinski definition) is 1. The van der Waals surface area contributed by atoms with Crippen LogP contribution in [0.5, 0.6) is 28.7 Å². The van der Waals surface area contributed by atoms with Crippen molar-refractivity contribution in [2.24, 2.45) is 0 Å². The summed E-state index contributed by atoms with van der Waals surface area (Å²) in [5.74, 6) is -0.700. The number of ether oxygens (including phenoxy) is 5. The predicted molar refractivity (Wildman–Crippen MR) is 96.0 cm³/mol. The number of carbonyl (C=O) groups is 2. The van der Waals surface area contributed by atoms with Crippen LogP contribution in [0.15, 0.2) is 24.3 Å². The molecule has 0 aliphatic carbocycles. The maximum Gasteiger partial charge on any atom is 0.336 e. The highest BCUT2D eigenvalue weighted by molar-refractivity contribution is 6.16. The third-order valence-corrected chi connectivity index (χ3v) is 3.95. The van der Waals surface area contributed by atoms with Crippen molar-refractivity contribution in [3.63, 3.8) is 0 Å². The van der Waals surface area contributed by atoms with E-state index in [2.05, 4.69) is 0 Å². The Balaban J connectivity index is 2.73. The lowest BCUT2D eigenvalue weighted by molar-refractivity contribution is 0.0692. The molecule has 0 aromatic heterocycles. The highest BCUT2D eigenvalue weighted by Gasteiger charge is 2.27. The first-order chi connectivity index (χ1) is 12.9. The standard InChI is InChI=1S/C19H20O8/c1-23-13-7-6-10(17(26-4)18(13)27-5)16(20)11-8-14(24-2)15(25-3)9-12(11)19(21)22/h6-9H,1-5H3,(H,21,22). The largest absolute Gasteiger partial charge is 0.493 e. The summed E-state index contributed by atoms with van der Waals surface area (Å²) in [6.07, 6.45) is 0. The highest BCUT2D eigenvalue weighted by Crippen LogP contribution is 2.41. The van der Waals surface area contributed by atoms with E-state index in [1.165, 1.54) is 59.8 Å². The topological polar surface area (TPSA) is 101 Å². The summed E-state index contributed by atoms with van der Waals surface area (Å²) in [6, 6.07) is 5.57. The summed E-state index contributed by atoms with van der Waals surface area (Å²) in [6.45, 7) is 0. The first kappa shape index (κ1) is 19.9. The smallest absolute Gasteiger partial charge is 0.336 e. The van der Waals surface area contributed by atoms with Crippen molar-refractivity contribution >= 4 is 11.8 Å². The van der Waals surface area contributed by atoms with E-state index in [1.54, 1.807) is 0 Å². The Hall–Kier alpha value is -3.42. The Morgan fingerprint density at radius 2 is 1.19 bits per heavy atom. The fraction of sp³-hybridized carbons (Fsp3) is 0.263. The SMILES string of the molecule is COc1cc(C(=O)O)c(C(=O)c2ccc(OC)c(OC)c2OC)cc1OC. The molecular formula is C19H20O8. The van der Waals surface area contributed by atoms with E-state index in [4.69, 9.17) is 23.7 Å². The zero-order valence-electron chi connectivity index (χ0n) is 15.6. The lowest BCUT2D eigenvalue weighted by Gasteiger charge is -2.16. The maximum absolute atomic E-state index is 13.2. The summed E-state index contributed by atoms with van der Waals surface area (Å²) in [5.41, 5.74) is -0.190. The third-order valence-electron chi connectivity index (χ3n) is 3.95. The molecule has 0 heterocycles. The quantitative estimate of drug-likeness (QED) is 0.702. The molecular weight excluding hydrogens is 356 g/mol. The minimum absolute atomic E-state index is 0.0781. The molecule has 0 saturated carbocycles. The average molecular weight is 376 g/mol. The van der Waals surface area contributed by atoms with Gasteiger partial charge in [-0.2, -0.15) is 0 Å². The van der Waals surface area contributed by atoms with Gasteiger partial charge in [-0.05, 0) is 24.3 Å². The molecule has 27 heavy (non-hydrogen) atoms. The second-order valence-electron chi connectivity index (χ2n) is 5.27. The van der Waals surface area contributed by atoms with E-state index in [0.29, 0.717) is 5.75 Å². The highest BCUT2D eigenvalue weighted by atomic mass is 16.5. The van der Waals surface area contributed by atoms with Gasteiger partial charge in [-0.3, -0.25) is 4.79 Å². The summed E-state index contributed by atoms with van der Waals surface area (Å²) < 4.78 is 26.1. The molecule has 1 N–H and O–H groups in total. The summed E-state index contributed by atoms with van der Waals surface area (Å²) >= 11 is 0. The van der Waals surface area contributed by atoms with Gasteiger partial charge in [-0.25, -0.2) is 4.79 Å². The number of carbonyl (C=O) groups excluding carboxylic acids is 1. The molecule has 0 atom stereocenters. The molecule has 8 heteroatoms. The van der Waals surface area contributed by atoms with Gasteiger partial charge in [0.1, 0.15) is 0 Å². The van der Waals surface area contributed by atoms with Crippen LogP contribution in [0.1, 0.15) is 26.3 Å². The summed E-state index contributed by atoms with van der Waals surface area (Å²) in [4.78, 5) is 24.8. The number of rotatable bonds is 8. The number of hydrogen-bond acceptors (Lipinski definition) is 7. The molecule has 0 fully saturated rings. The Morgan fingerprint density at radius 1 is 0.667 bits per heavy atom. The van der Waals surface area contributed by atoms with E-state index in [0.717, 1.165) is 0 Å². The molecule has 144 valence electrons. The monoisotopic (exact) mass is 376 g/mol. The fourth-order valence-electron chi connectivity index (χ4n) is 2.67. The third kappa shape index (κ3) is 3.59. The minimum Gasteiger partial charge on any atom is -0.493 e. The average Bonchev–Trinajstić information content (AvgIpc) is 2.70. The molecule has 0 spiro atoms. The molecule has 0 saturated heterocycles. The van der Waals surface area contributed by atoms with Crippen LogP contribution in [0, 0.1) is 0 Å². The Labute approximate surface area is 156 Å². The maximum atomic E-state index is 13.2. The Morgan fingerprint density at radius 3 is 1.63 bits per heavy atom. The molecule has 0 aliphatic rings. The Kier molecular flexibility index (Phi) is 6.12. The number of ketones is 1. The van der Waals surface area contributed by atoms with Crippen LogP contribution in [0.25, 0.3) is 0 Å². The van der Waals surface area contributed by atoms with Crippen molar-refractivity contribution in [2.75, 3.05) is 35.5 Å². The van der Waals surface area contributed by atoms with Gasteiger partial charge < -0.3 is 28.8 Å². The summed E-state index contributed by atoms with van der Waals surface area (Å²) in [5, 5.41) is 9.53. The number of carboxylic acids is 1. The molecule has 0 amide bonds. The second-order valence-corrected chi connectivity index (χ2v) is 5.27. The fourth-order valence-corrected chi connectivity index (χ4v) is 2.67. The van der Waals surface area contributed by atoms with Crippen LogP contribution in [-0.4, -0.2) is 52.4 Å². The number of aromatic carboxylic acids is 1. The van der Waals surface area contributed by atoms with Crippen LogP contribution in [-0.2, 0) is 0 Å². The predicted octanol–water partition coefficient (Wildman–Crippen LogP) is 2.66. The van der Waals surface area contributed by atoms with E-state index in [1.807, 2.05) is 0 Å². The molecule has 0 aliphatic heterocycles. The van der Waals surface area contributed by atoms with Crippen molar-refractivity contribution in [3.05, 3.63) is 41.0 Å². The van der Waals surface area contributed by atoms with E-state index < -0.39 is 11.8 Å². The molecule has 8 nitrogen and oxygen atoms in total. The van der Waals surface area contributed by atoms with Crippen LogP contribution >= 0.6 is 0 Å². The zero-order chi connectivity index (χ0) is 20.1. The number of methoxy groups -OCH3 is 5. The normalized spacial score (nSPS) is 10.1. The number of benzene rings is 2. The Bertz CT molecular complexity index is 872. The molecule has 0 bridgehead atoms. The molecule has 0 radical (unpaired) electrons. The lowest BCUT2D eigenvalue weighted by Crippen LogP contribution is -2.12. The second kappa shape index (κ2) is 8.31. The van der Waals surface area contributed by atoms with Crippen molar-refractivity contribution in [2.45, 2.75) is 0 Å². The van der Waals surface area contributed by atoms with E-state index in [-0.39, 0.29) is 39.7 Å². The van der Waals surface area contributed by atoms with E-state index >= 15 is 0 Å². The first-order valence-corrected chi connectivity index (χ1v) is 7.76. The lowest BCUT2D eigenvalue weighted by atomic mass is 9.96. The van der Waals surface area contributed by atoms with Crippen molar-refractivity contribution in [3.8, 4) is 28.7 Å². The van der Waals surface area contributed by atoms with Crippen molar-refractivity contribution < 1.29 is 38.4 Å². The van der Waals surface area contributed by atoms with Crippen molar-refractivity contribution in [1.29, 1.82) is 0 Å². The van der Waals surface area contributed by atoms with E-state index in [9.17, 15) is 14.7 Å². The van der Waals surface area contributed by atoms with Gasteiger partial charge in [0, 0.05) is 5.56 Å². The van der Waals surface area contributed by atoms with Gasteiger partial charge in [-0.1, -0.05) is 0 Å². The van der Waals surface area contributed by atoms with Crippen LogP contribution in [0.4, 0.5) is 0 Å². The minimum atomic E-state index is -1.28. The van der Waals surface area contributed by atoms with Gasteiger partial charge in [0.2, 0.25) is 5.75 Å². The first-order valence-electron chi connectivity index (χ1n) is 7.76. The van der Waals surface area contributed by atoms with Gasteiger partial charge in [-0.15, -0.1) is 0 Å². The number of carboxylic acid groups (broad SMARTS) is 1. The molecule has 0 unspecified atom stereocenters. The van der Waals surface area contributed by atoms with Crippen molar-refractivity contribution in [1.82, 2.24) is 0 Å². The van der Waals surface area contributed by atoms with Gasteiger partial charge in [0.25, 0.3) is 0 Å². The van der Waals surface area contributed by atoms with Gasteiger partial charge >= 0.3 is 5.97 Å². The molecule has 2 aromatic rings. The van der Waals surface area contributed by atoms with Crippen LogP contribution in [0.3, 0.4) is 0 Å². The van der Waals surface area contributed by atoms with Gasteiger partial charge in [0.15, 0.2) is 28.8 Å². The van der Waals surface area contributed by atoms with Crippen LogP contribution < -0.4 is 23.7 Å². The zero-order valence-corrected chi connectivity index (χ0v) is 15.6. The van der Waals surface area contributed by atoms with Crippen LogP contribution in [0.2, 0.25) is 0 Å². The molecule has 2 aromatic carbocycles. The van der Waals surface area contributed by atoms with Gasteiger partial charge in [0.05, 0.1) is 46.7 Å². The molecule has 2 rings (SSSR count). The summed E-state index contributed by atoms with van der Waals surface area (Å²) in [7, 11) is 7.01.